The third kappa shape index (κ3) is 8.22. The maximum Gasteiger partial charge on any atom is 0.405 e. The first-order valence-corrected chi connectivity index (χ1v) is 18.0. The van der Waals surface area contributed by atoms with E-state index in [1.54, 1.807) is 54.6 Å². The first-order valence-electron chi connectivity index (χ1n) is 15.3. The normalized spacial score (nSPS) is 19.0. The monoisotopic (exact) mass is 711 g/mol. The van der Waals surface area contributed by atoms with E-state index in [1.807, 2.05) is 57.2 Å². The number of alkyl halides is 2. The van der Waals surface area contributed by atoms with Gasteiger partial charge in [0, 0.05) is 0 Å². The molecule has 0 radical (unpaired) electrons. The van der Waals surface area contributed by atoms with Crippen molar-refractivity contribution < 1.29 is 45.5 Å². The van der Waals surface area contributed by atoms with E-state index in [0.29, 0.717) is 24.5 Å². The van der Waals surface area contributed by atoms with Gasteiger partial charge in [-0.15, -0.1) is 0 Å². The Bertz CT molecular complexity index is 1880. The summed E-state index contributed by atoms with van der Waals surface area (Å²) < 4.78 is 82.6. The number of esters is 1. The number of hydrogen-bond donors (Lipinski definition) is 1. The largest absolute Gasteiger partial charge is 0.483 e. The van der Waals surface area contributed by atoms with E-state index in [4.69, 9.17) is 23.5 Å². The van der Waals surface area contributed by atoms with Crippen LogP contribution >= 0.6 is 0 Å². The second-order valence-electron chi connectivity index (χ2n) is 12.4. The molecule has 1 aliphatic rings. The maximum atomic E-state index is 14.1. The van der Waals surface area contributed by atoms with Crippen LogP contribution in [0.4, 0.5) is 8.78 Å². The van der Waals surface area contributed by atoms with Gasteiger partial charge in [0.1, 0.15) is 17.1 Å². The van der Waals surface area contributed by atoms with Crippen LogP contribution in [0.25, 0.3) is 6.08 Å². The van der Waals surface area contributed by atoms with E-state index in [2.05, 4.69) is 6.58 Å². The first-order chi connectivity index (χ1) is 23.0. The highest BCUT2D eigenvalue weighted by atomic mass is 32.2. The summed E-state index contributed by atoms with van der Waals surface area (Å²) >= 11 is 0. The Morgan fingerprint density at radius 1 is 0.857 bits per heavy atom. The maximum absolute atomic E-state index is 14.1. The smallest absolute Gasteiger partial charge is 0.405 e. The summed E-state index contributed by atoms with van der Waals surface area (Å²) in [6, 6.07) is 28.3. The van der Waals surface area contributed by atoms with Gasteiger partial charge in [-0.1, -0.05) is 36.9 Å². The van der Waals surface area contributed by atoms with Crippen molar-refractivity contribution in [3.05, 3.63) is 120 Å². The lowest BCUT2D eigenvalue weighted by Crippen LogP contribution is -2.47. The Morgan fingerprint density at radius 2 is 1.37 bits per heavy atom. The van der Waals surface area contributed by atoms with E-state index < -0.39 is 43.9 Å². The van der Waals surface area contributed by atoms with Crippen molar-refractivity contribution >= 4 is 33.1 Å². The number of halogens is 2. The summed E-state index contributed by atoms with van der Waals surface area (Å²) in [5.74, 6) is -0.163. The number of carbonyl (C=O) groups excluding carboxylic acids is 1. The molecule has 1 heterocycles. The number of rotatable bonds is 11. The molecule has 0 aromatic heterocycles. The van der Waals surface area contributed by atoms with Gasteiger partial charge in [-0.05, 0) is 112 Å². The van der Waals surface area contributed by atoms with Crippen molar-refractivity contribution in [3.8, 4) is 11.5 Å². The van der Waals surface area contributed by atoms with Gasteiger partial charge in [-0.3, -0.25) is 4.55 Å². The average Bonchev–Trinajstić information content (AvgIpc) is 3.07. The lowest BCUT2D eigenvalue weighted by Gasteiger charge is -2.41. The molecule has 4 aromatic rings. The van der Waals surface area contributed by atoms with Crippen molar-refractivity contribution in [2.45, 2.75) is 64.9 Å². The lowest BCUT2D eigenvalue weighted by molar-refractivity contribution is -0.221. The van der Waals surface area contributed by atoms with Crippen molar-refractivity contribution in [2.75, 3.05) is 13.2 Å². The van der Waals surface area contributed by atoms with Crippen LogP contribution < -0.4 is 9.47 Å². The Labute approximate surface area is 287 Å². The van der Waals surface area contributed by atoms with E-state index in [0.717, 1.165) is 32.7 Å². The summed E-state index contributed by atoms with van der Waals surface area (Å²) in [6.45, 7) is 11.3. The highest BCUT2D eigenvalue weighted by Crippen LogP contribution is 2.37. The van der Waals surface area contributed by atoms with Crippen LogP contribution in [0.2, 0.25) is 0 Å². The van der Waals surface area contributed by atoms with Gasteiger partial charge in [-0.2, -0.15) is 17.2 Å². The van der Waals surface area contributed by atoms with Crippen molar-refractivity contribution in [3.63, 3.8) is 0 Å². The second-order valence-corrected chi connectivity index (χ2v) is 15.9. The van der Waals surface area contributed by atoms with Crippen molar-refractivity contribution in [2.24, 2.45) is 0 Å². The molecule has 0 bridgehead atoms. The topological polar surface area (TPSA) is 108 Å². The molecule has 0 amide bonds. The highest BCUT2D eigenvalue weighted by molar-refractivity contribution is 7.97. The molecule has 12 heteroatoms. The van der Waals surface area contributed by atoms with E-state index >= 15 is 0 Å². The molecule has 0 saturated carbocycles. The second kappa shape index (κ2) is 14.0. The number of benzene rings is 4. The highest BCUT2D eigenvalue weighted by Gasteiger charge is 2.51. The minimum atomic E-state index is -5.68. The Hall–Kier alpha value is -4.07. The lowest BCUT2D eigenvalue weighted by atomic mass is 9.94. The number of ether oxygens (including phenoxy) is 4. The Kier molecular flexibility index (Phi) is 10.4. The zero-order chi connectivity index (χ0) is 35.6. The van der Waals surface area contributed by atoms with Gasteiger partial charge >= 0.3 is 21.3 Å². The van der Waals surface area contributed by atoms with Crippen LogP contribution in [0.15, 0.2) is 118 Å². The molecule has 1 N–H and O–H groups in total. The zero-order valence-electron chi connectivity index (χ0n) is 27.4. The molecule has 5 rings (SSSR count). The number of hydrogen-bond acceptors (Lipinski definition) is 7. The Balaban J connectivity index is 1.43. The van der Waals surface area contributed by atoms with Crippen molar-refractivity contribution in [1.82, 2.24) is 0 Å². The van der Waals surface area contributed by atoms with Crippen LogP contribution in [0.5, 0.6) is 11.5 Å². The summed E-state index contributed by atoms with van der Waals surface area (Å²) in [7, 11) is -6.40. The zero-order valence-corrected chi connectivity index (χ0v) is 29.0. The predicted molar refractivity (Wildman–Crippen MR) is 183 cm³/mol. The molecule has 49 heavy (non-hydrogen) atoms. The fourth-order valence-electron chi connectivity index (χ4n) is 4.97. The van der Waals surface area contributed by atoms with Crippen LogP contribution in [-0.4, -0.2) is 49.1 Å². The number of carbonyl (C=O) groups is 1. The summed E-state index contributed by atoms with van der Waals surface area (Å²) in [6.07, 6.45) is -0.464. The summed E-state index contributed by atoms with van der Waals surface area (Å²) in [4.78, 5) is 15.3. The molecule has 258 valence electrons. The molecule has 1 aliphatic heterocycles. The van der Waals surface area contributed by atoms with Crippen LogP contribution in [-0.2, 0) is 36.1 Å². The van der Waals surface area contributed by atoms with Gasteiger partial charge in [0.2, 0.25) is 0 Å². The van der Waals surface area contributed by atoms with E-state index in [9.17, 15) is 22.0 Å². The van der Waals surface area contributed by atoms with Gasteiger partial charge in [0.25, 0.3) is 0 Å². The average molecular weight is 712 g/mol. The van der Waals surface area contributed by atoms with E-state index in [1.165, 1.54) is 12.1 Å². The Morgan fingerprint density at radius 3 is 1.84 bits per heavy atom. The summed E-state index contributed by atoms with van der Waals surface area (Å²) in [5, 5.41) is -4.50. The molecule has 1 fully saturated rings. The van der Waals surface area contributed by atoms with E-state index in [-0.39, 0.29) is 11.4 Å². The fraction of sp³-hybridized carbons (Fsp3) is 0.270. The predicted octanol–water partition coefficient (Wildman–Crippen LogP) is 7.93. The molecular formula is C37H37F2O8S2+. The molecule has 4 aromatic carbocycles. The van der Waals surface area contributed by atoms with Crippen molar-refractivity contribution in [1.29, 1.82) is 0 Å². The van der Waals surface area contributed by atoms with Gasteiger partial charge in [0.05, 0.1) is 35.3 Å². The van der Waals surface area contributed by atoms with Crippen LogP contribution in [0, 0.1) is 0 Å². The minimum Gasteiger partial charge on any atom is -0.483 e. The fourth-order valence-corrected chi connectivity index (χ4v) is 7.48. The molecule has 1 saturated heterocycles. The quantitative estimate of drug-likeness (QED) is 0.0724. The third-order valence-corrected chi connectivity index (χ3v) is 11.3. The molecule has 3 atom stereocenters. The standard InChI is InChI=1S/C37H36F2O8S2/c1-6-26-7-9-27(10-8-26)34(40)47-30-15-21-33(22-16-30)48(31-17-11-28(12-18-31)36(5)24-44-35(3,4)23-45-36)32-19-13-29(14-20-32)46-25(2)37(38,39)49(41,42)43/h6-22,25H,1,23-24H2,2-5H3/p+1. The van der Waals surface area contributed by atoms with Gasteiger partial charge in [0.15, 0.2) is 20.8 Å². The molecule has 0 spiro atoms. The molecule has 8 nitrogen and oxygen atoms in total. The van der Waals surface area contributed by atoms with Gasteiger partial charge < -0.3 is 18.9 Å². The SMILES string of the molecule is C=Cc1ccc(C(=O)Oc2ccc([S+](c3ccc(OC(C)C(F)(F)S(=O)(=O)O)cc3)c3ccc(C4(C)COC(C)(C)CO4)cc3)cc2)cc1. The molecular weight excluding hydrogens is 675 g/mol. The van der Waals surface area contributed by atoms with Crippen LogP contribution in [0.1, 0.15) is 49.2 Å². The molecule has 3 unspecified atom stereocenters. The first kappa shape index (κ1) is 36.2. The van der Waals surface area contributed by atoms with Gasteiger partial charge in [-0.25, -0.2) is 4.79 Å². The summed E-state index contributed by atoms with van der Waals surface area (Å²) in [5.41, 5.74) is 1.20. The minimum absolute atomic E-state index is 0.00727. The van der Waals surface area contributed by atoms with Crippen LogP contribution in [0.3, 0.4) is 0 Å². The third-order valence-electron chi connectivity index (χ3n) is 8.02. The molecule has 0 aliphatic carbocycles.